The Morgan fingerprint density at radius 1 is 1.53 bits per heavy atom. The van der Waals surface area contributed by atoms with E-state index in [1.165, 1.54) is 35.2 Å². The first-order valence-corrected chi connectivity index (χ1v) is 6.03. The van der Waals surface area contributed by atoms with Crippen LogP contribution < -0.4 is 0 Å². The number of hydrogen-bond acceptors (Lipinski definition) is 7. The van der Waals surface area contributed by atoms with E-state index >= 15 is 0 Å². The van der Waals surface area contributed by atoms with Crippen LogP contribution in [-0.4, -0.2) is 15.1 Å². The van der Waals surface area contributed by atoms with Gasteiger partial charge in [0.1, 0.15) is 17.1 Å². The van der Waals surface area contributed by atoms with Gasteiger partial charge in [-0.1, -0.05) is 23.1 Å². The van der Waals surface area contributed by atoms with E-state index in [-0.39, 0.29) is 11.3 Å². The second kappa shape index (κ2) is 4.90. The Bertz CT molecular complexity index is 592. The minimum atomic E-state index is -0.567. The number of hydrogen-bond donors (Lipinski definition) is 0. The molecule has 0 aliphatic heterocycles. The SMILES string of the molecule is N#Cc1ccc(Sc2nncs2)cc1[N+](=O)[O-]. The van der Waals surface area contributed by atoms with E-state index < -0.39 is 4.92 Å². The van der Waals surface area contributed by atoms with E-state index in [9.17, 15) is 10.1 Å². The van der Waals surface area contributed by atoms with Crippen molar-refractivity contribution in [2.45, 2.75) is 9.24 Å². The summed E-state index contributed by atoms with van der Waals surface area (Å²) >= 11 is 2.62. The smallest absolute Gasteiger partial charge is 0.258 e. The Hall–Kier alpha value is -1.98. The second-order valence-corrected chi connectivity index (χ2v) is 5.01. The molecule has 1 aromatic heterocycles. The van der Waals surface area contributed by atoms with Gasteiger partial charge >= 0.3 is 0 Å². The molecule has 6 nitrogen and oxygen atoms in total. The zero-order chi connectivity index (χ0) is 12.3. The summed E-state index contributed by atoms with van der Waals surface area (Å²) in [5.41, 5.74) is 1.44. The van der Waals surface area contributed by atoms with Gasteiger partial charge in [0.05, 0.1) is 4.92 Å². The van der Waals surface area contributed by atoms with Gasteiger partial charge in [0.25, 0.3) is 5.69 Å². The van der Waals surface area contributed by atoms with Gasteiger partial charge in [-0.15, -0.1) is 10.2 Å². The van der Waals surface area contributed by atoms with Crippen LogP contribution >= 0.6 is 23.1 Å². The molecule has 0 aliphatic carbocycles. The lowest BCUT2D eigenvalue weighted by molar-refractivity contribution is -0.385. The number of nitro groups is 1. The van der Waals surface area contributed by atoms with Gasteiger partial charge in [-0.05, 0) is 12.1 Å². The summed E-state index contributed by atoms with van der Waals surface area (Å²) in [4.78, 5) is 10.8. The molecule has 0 bridgehead atoms. The summed E-state index contributed by atoms with van der Waals surface area (Å²) < 4.78 is 0.698. The highest BCUT2D eigenvalue weighted by molar-refractivity contribution is 8.01. The topological polar surface area (TPSA) is 92.7 Å². The number of rotatable bonds is 3. The van der Waals surface area contributed by atoms with Gasteiger partial charge in [0, 0.05) is 11.0 Å². The van der Waals surface area contributed by atoms with Gasteiger partial charge in [-0.3, -0.25) is 10.1 Å². The van der Waals surface area contributed by atoms with Gasteiger partial charge in [-0.2, -0.15) is 5.26 Å². The Balaban J connectivity index is 2.35. The van der Waals surface area contributed by atoms with Crippen LogP contribution in [0.1, 0.15) is 5.56 Å². The Kier molecular flexibility index (Phi) is 3.32. The Labute approximate surface area is 104 Å². The standard InChI is InChI=1S/C9H4N4O2S2/c10-4-6-1-2-7(3-8(6)13(14)15)17-9-12-11-5-16-9/h1-3,5H. The molecule has 0 spiro atoms. The van der Waals surface area contributed by atoms with Crippen LogP contribution in [0.2, 0.25) is 0 Å². The summed E-state index contributed by atoms with van der Waals surface area (Å²) in [6, 6.07) is 6.23. The highest BCUT2D eigenvalue weighted by Gasteiger charge is 2.15. The molecule has 0 atom stereocenters. The van der Waals surface area contributed by atoms with Gasteiger partial charge < -0.3 is 0 Å². The van der Waals surface area contributed by atoms with Gasteiger partial charge in [-0.25, -0.2) is 0 Å². The van der Waals surface area contributed by atoms with E-state index in [1.54, 1.807) is 17.6 Å². The molecule has 1 aromatic carbocycles. The molecule has 1 heterocycles. The summed E-state index contributed by atoms with van der Waals surface area (Å²) in [5, 5.41) is 27.0. The van der Waals surface area contributed by atoms with E-state index in [0.717, 1.165) is 0 Å². The molecule has 2 rings (SSSR count). The van der Waals surface area contributed by atoms with Crippen LogP contribution in [0.5, 0.6) is 0 Å². The predicted octanol–water partition coefficient (Wildman–Crippen LogP) is 2.47. The van der Waals surface area contributed by atoms with E-state index in [1.807, 2.05) is 0 Å². The molecule has 0 aliphatic rings. The quantitative estimate of drug-likeness (QED) is 0.624. The first-order valence-electron chi connectivity index (χ1n) is 4.33. The fourth-order valence-electron chi connectivity index (χ4n) is 1.13. The molecule has 8 heteroatoms. The van der Waals surface area contributed by atoms with Gasteiger partial charge in [0.2, 0.25) is 0 Å². The third kappa shape index (κ3) is 2.58. The lowest BCUT2D eigenvalue weighted by Crippen LogP contribution is -1.92. The highest BCUT2D eigenvalue weighted by atomic mass is 32.2. The predicted molar refractivity (Wildman–Crippen MR) is 61.8 cm³/mol. The monoisotopic (exact) mass is 264 g/mol. The average Bonchev–Trinajstić information content (AvgIpc) is 2.81. The second-order valence-electron chi connectivity index (χ2n) is 2.85. The molecule has 17 heavy (non-hydrogen) atoms. The van der Waals surface area contributed by atoms with Crippen LogP contribution in [0.4, 0.5) is 5.69 Å². The number of aromatic nitrogens is 2. The molecule has 0 fully saturated rings. The molecule has 0 N–H and O–H groups in total. The van der Waals surface area contributed by atoms with Crippen LogP contribution in [0.3, 0.4) is 0 Å². The first-order chi connectivity index (χ1) is 8.20. The molecular weight excluding hydrogens is 260 g/mol. The zero-order valence-corrected chi connectivity index (χ0v) is 9.86. The van der Waals surface area contributed by atoms with Crippen LogP contribution in [-0.2, 0) is 0 Å². The molecule has 0 radical (unpaired) electrons. The number of nitrogens with zero attached hydrogens (tertiary/aromatic N) is 4. The third-order valence-electron chi connectivity index (χ3n) is 1.83. The van der Waals surface area contributed by atoms with Crippen molar-refractivity contribution in [2.24, 2.45) is 0 Å². The Morgan fingerprint density at radius 3 is 2.94 bits per heavy atom. The normalized spacial score (nSPS) is 9.82. The summed E-state index contributed by atoms with van der Waals surface area (Å²) in [6.45, 7) is 0. The Morgan fingerprint density at radius 2 is 2.35 bits per heavy atom. The lowest BCUT2D eigenvalue weighted by atomic mass is 10.2. The average molecular weight is 264 g/mol. The number of nitro benzene ring substituents is 1. The number of benzene rings is 1. The third-order valence-corrected chi connectivity index (χ3v) is 3.60. The van der Waals surface area contributed by atoms with Crippen molar-refractivity contribution >= 4 is 28.8 Å². The maximum Gasteiger partial charge on any atom is 0.288 e. The van der Waals surface area contributed by atoms with Crippen molar-refractivity contribution in [1.29, 1.82) is 5.26 Å². The van der Waals surface area contributed by atoms with E-state index in [4.69, 9.17) is 5.26 Å². The molecule has 0 unspecified atom stereocenters. The van der Waals surface area contributed by atoms with Crippen molar-refractivity contribution < 1.29 is 4.92 Å². The van der Waals surface area contributed by atoms with Crippen LogP contribution in [0.25, 0.3) is 0 Å². The van der Waals surface area contributed by atoms with Gasteiger partial charge in [0.15, 0.2) is 4.34 Å². The van der Waals surface area contributed by atoms with Crippen molar-refractivity contribution in [1.82, 2.24) is 10.2 Å². The van der Waals surface area contributed by atoms with Crippen LogP contribution in [0.15, 0.2) is 32.9 Å². The van der Waals surface area contributed by atoms with E-state index in [0.29, 0.717) is 9.24 Å². The molecule has 0 amide bonds. The zero-order valence-electron chi connectivity index (χ0n) is 8.23. The molecule has 0 saturated heterocycles. The highest BCUT2D eigenvalue weighted by Crippen LogP contribution is 2.32. The minimum absolute atomic E-state index is 0.0524. The fourth-order valence-corrected chi connectivity index (χ4v) is 2.61. The van der Waals surface area contributed by atoms with Crippen molar-refractivity contribution in [2.75, 3.05) is 0 Å². The molecule has 0 saturated carbocycles. The molecule has 84 valence electrons. The summed E-state index contributed by atoms with van der Waals surface area (Å²) in [6.07, 6.45) is 0. The maximum absolute atomic E-state index is 10.8. The summed E-state index contributed by atoms with van der Waals surface area (Å²) in [5.74, 6) is 0. The van der Waals surface area contributed by atoms with Crippen LogP contribution in [0, 0.1) is 21.4 Å². The number of nitriles is 1. The largest absolute Gasteiger partial charge is 0.288 e. The summed E-state index contributed by atoms with van der Waals surface area (Å²) in [7, 11) is 0. The first kappa shape index (κ1) is 11.5. The molecule has 2 aromatic rings. The van der Waals surface area contributed by atoms with Crippen molar-refractivity contribution in [3.05, 3.63) is 39.4 Å². The van der Waals surface area contributed by atoms with E-state index in [2.05, 4.69) is 10.2 Å². The lowest BCUT2D eigenvalue weighted by Gasteiger charge is -1.98. The minimum Gasteiger partial charge on any atom is -0.258 e. The maximum atomic E-state index is 10.8. The molecular formula is C9H4N4O2S2. The van der Waals surface area contributed by atoms with Crippen molar-refractivity contribution in [3.8, 4) is 6.07 Å². The fraction of sp³-hybridized carbons (Fsp3) is 0. The van der Waals surface area contributed by atoms with Crippen molar-refractivity contribution in [3.63, 3.8) is 0 Å².